The van der Waals surface area contributed by atoms with E-state index in [1.165, 1.54) is 11.4 Å². The van der Waals surface area contributed by atoms with E-state index < -0.39 is 10.0 Å². The number of benzene rings is 1. The van der Waals surface area contributed by atoms with Crippen LogP contribution >= 0.6 is 0 Å². The Bertz CT molecular complexity index is 528. The molecule has 0 saturated carbocycles. The summed E-state index contributed by atoms with van der Waals surface area (Å²) in [6, 6.07) is 8.58. The van der Waals surface area contributed by atoms with Crippen LogP contribution in [0.2, 0.25) is 0 Å². The zero-order valence-electron chi connectivity index (χ0n) is 11.0. The first-order valence-electron chi connectivity index (χ1n) is 5.83. The predicted molar refractivity (Wildman–Crippen MR) is 74.3 cm³/mol. The van der Waals surface area contributed by atoms with Crippen molar-refractivity contribution in [3.8, 4) is 0 Å². The second-order valence-corrected chi connectivity index (χ2v) is 6.43. The molecule has 1 aromatic rings. The standard InChI is InChI=1S/C12H19N3O3S/c1-10(8-12(13)14-16)15(2)19(17,18)9-11-6-4-3-5-7-11/h3-7,10,16H,8-9H2,1-2H3,(H2,13,14). The first kappa shape index (κ1) is 15.5. The maximum absolute atomic E-state index is 12.2. The van der Waals surface area contributed by atoms with Crippen LogP contribution in [0.1, 0.15) is 18.9 Å². The third-order valence-electron chi connectivity index (χ3n) is 2.88. The van der Waals surface area contributed by atoms with E-state index in [2.05, 4.69) is 5.16 Å². The molecule has 1 unspecified atom stereocenters. The molecule has 0 radical (unpaired) electrons. The smallest absolute Gasteiger partial charge is 0.218 e. The third-order valence-corrected chi connectivity index (χ3v) is 4.82. The van der Waals surface area contributed by atoms with Gasteiger partial charge in [0.05, 0.1) is 5.75 Å². The number of nitrogens with two attached hydrogens (primary N) is 1. The van der Waals surface area contributed by atoms with Crippen LogP contribution in [0, 0.1) is 0 Å². The molecule has 19 heavy (non-hydrogen) atoms. The average molecular weight is 285 g/mol. The molecule has 1 atom stereocenters. The van der Waals surface area contributed by atoms with Gasteiger partial charge in [0.15, 0.2) is 0 Å². The van der Waals surface area contributed by atoms with Gasteiger partial charge in [-0.3, -0.25) is 0 Å². The Balaban J connectivity index is 2.77. The van der Waals surface area contributed by atoms with E-state index in [9.17, 15) is 8.42 Å². The molecule has 0 spiro atoms. The van der Waals surface area contributed by atoms with Crippen molar-refractivity contribution in [2.45, 2.75) is 25.1 Å². The predicted octanol–water partition coefficient (Wildman–Crippen LogP) is 0.973. The van der Waals surface area contributed by atoms with Gasteiger partial charge < -0.3 is 10.9 Å². The Morgan fingerprint density at radius 3 is 2.53 bits per heavy atom. The van der Waals surface area contributed by atoms with Crippen LogP contribution in [-0.4, -0.2) is 36.9 Å². The van der Waals surface area contributed by atoms with Crippen LogP contribution in [0.4, 0.5) is 0 Å². The van der Waals surface area contributed by atoms with Crippen molar-refractivity contribution in [3.63, 3.8) is 0 Å². The van der Waals surface area contributed by atoms with E-state index in [0.717, 1.165) is 5.56 Å². The molecular weight excluding hydrogens is 266 g/mol. The lowest BCUT2D eigenvalue weighted by molar-refractivity contribution is 0.313. The molecule has 0 aliphatic carbocycles. The topological polar surface area (TPSA) is 96.0 Å². The highest BCUT2D eigenvalue weighted by Gasteiger charge is 2.24. The molecule has 7 heteroatoms. The van der Waals surface area contributed by atoms with E-state index in [4.69, 9.17) is 10.9 Å². The summed E-state index contributed by atoms with van der Waals surface area (Å²) in [5.41, 5.74) is 6.11. The van der Waals surface area contributed by atoms with Crippen molar-refractivity contribution in [1.29, 1.82) is 0 Å². The number of sulfonamides is 1. The monoisotopic (exact) mass is 285 g/mol. The van der Waals surface area contributed by atoms with Crippen molar-refractivity contribution >= 4 is 15.9 Å². The van der Waals surface area contributed by atoms with Crippen LogP contribution in [0.3, 0.4) is 0 Å². The Morgan fingerprint density at radius 2 is 2.00 bits per heavy atom. The lowest BCUT2D eigenvalue weighted by Crippen LogP contribution is -2.38. The van der Waals surface area contributed by atoms with Gasteiger partial charge in [-0.15, -0.1) is 0 Å². The van der Waals surface area contributed by atoms with Gasteiger partial charge >= 0.3 is 0 Å². The number of oxime groups is 1. The number of hydrogen-bond acceptors (Lipinski definition) is 4. The molecule has 0 aliphatic rings. The molecule has 1 rings (SSSR count). The summed E-state index contributed by atoms with van der Waals surface area (Å²) in [4.78, 5) is 0. The van der Waals surface area contributed by atoms with E-state index in [-0.39, 0.29) is 24.1 Å². The highest BCUT2D eigenvalue weighted by molar-refractivity contribution is 7.88. The minimum Gasteiger partial charge on any atom is -0.409 e. The van der Waals surface area contributed by atoms with Crippen LogP contribution < -0.4 is 5.73 Å². The molecule has 0 saturated heterocycles. The normalized spacial score (nSPS) is 14.6. The largest absolute Gasteiger partial charge is 0.409 e. The van der Waals surface area contributed by atoms with Gasteiger partial charge in [0.1, 0.15) is 5.84 Å². The average Bonchev–Trinajstić information content (AvgIpc) is 2.38. The van der Waals surface area contributed by atoms with Crippen LogP contribution in [0.5, 0.6) is 0 Å². The molecule has 0 aromatic heterocycles. The molecule has 0 heterocycles. The highest BCUT2D eigenvalue weighted by atomic mass is 32.2. The molecule has 1 aromatic carbocycles. The third kappa shape index (κ3) is 4.53. The SMILES string of the molecule is CC(C/C(N)=N/O)N(C)S(=O)(=O)Cc1ccccc1. The van der Waals surface area contributed by atoms with Gasteiger partial charge in [-0.25, -0.2) is 12.7 Å². The molecule has 0 fully saturated rings. The Hall–Kier alpha value is -1.60. The van der Waals surface area contributed by atoms with Gasteiger partial charge in [-0.05, 0) is 12.5 Å². The van der Waals surface area contributed by atoms with Crippen molar-refractivity contribution < 1.29 is 13.6 Å². The van der Waals surface area contributed by atoms with Crippen LogP contribution in [-0.2, 0) is 15.8 Å². The number of nitrogens with zero attached hydrogens (tertiary/aromatic N) is 2. The van der Waals surface area contributed by atoms with E-state index in [1.807, 2.05) is 6.07 Å². The van der Waals surface area contributed by atoms with Crippen LogP contribution in [0.15, 0.2) is 35.5 Å². The second kappa shape index (κ2) is 6.53. The van der Waals surface area contributed by atoms with Crippen molar-refractivity contribution in [1.82, 2.24) is 4.31 Å². The summed E-state index contributed by atoms with van der Waals surface area (Å²) in [5.74, 6) is -0.0561. The zero-order chi connectivity index (χ0) is 14.5. The van der Waals surface area contributed by atoms with E-state index in [1.54, 1.807) is 31.2 Å². The summed E-state index contributed by atoms with van der Waals surface area (Å²) in [6.07, 6.45) is 0.182. The Kier molecular flexibility index (Phi) is 5.31. The van der Waals surface area contributed by atoms with Gasteiger partial charge in [-0.2, -0.15) is 0 Å². The van der Waals surface area contributed by atoms with E-state index in [0.29, 0.717) is 0 Å². The fourth-order valence-electron chi connectivity index (χ4n) is 1.63. The van der Waals surface area contributed by atoms with Crippen molar-refractivity contribution in [3.05, 3.63) is 35.9 Å². The van der Waals surface area contributed by atoms with Gasteiger partial charge in [0.2, 0.25) is 10.0 Å². The summed E-state index contributed by atoms with van der Waals surface area (Å²) in [5, 5.41) is 11.3. The zero-order valence-corrected chi connectivity index (χ0v) is 11.8. The number of hydrogen-bond donors (Lipinski definition) is 2. The van der Waals surface area contributed by atoms with Crippen molar-refractivity contribution in [2.75, 3.05) is 7.05 Å². The summed E-state index contributed by atoms with van der Waals surface area (Å²) in [7, 11) is -1.93. The molecule has 106 valence electrons. The number of rotatable bonds is 6. The van der Waals surface area contributed by atoms with E-state index >= 15 is 0 Å². The lowest BCUT2D eigenvalue weighted by atomic mass is 10.2. The molecule has 0 bridgehead atoms. The van der Waals surface area contributed by atoms with Gasteiger partial charge in [-0.1, -0.05) is 35.5 Å². The van der Waals surface area contributed by atoms with Gasteiger partial charge in [0, 0.05) is 19.5 Å². The van der Waals surface area contributed by atoms with Crippen molar-refractivity contribution in [2.24, 2.45) is 10.9 Å². The molecule has 6 nitrogen and oxygen atoms in total. The van der Waals surface area contributed by atoms with Crippen LogP contribution in [0.25, 0.3) is 0 Å². The maximum Gasteiger partial charge on any atom is 0.218 e. The minimum atomic E-state index is -3.43. The summed E-state index contributed by atoms with van der Waals surface area (Å²) < 4.78 is 25.6. The Labute approximate surface area is 113 Å². The minimum absolute atomic E-state index is 0.00858. The molecular formula is C12H19N3O3S. The summed E-state index contributed by atoms with van der Waals surface area (Å²) in [6.45, 7) is 1.71. The number of amidine groups is 1. The quantitative estimate of drug-likeness (QED) is 0.352. The first-order chi connectivity index (χ1) is 8.86. The molecule has 3 N–H and O–H groups in total. The maximum atomic E-state index is 12.2. The molecule has 0 amide bonds. The Morgan fingerprint density at radius 1 is 1.42 bits per heavy atom. The second-order valence-electron chi connectivity index (χ2n) is 4.40. The highest BCUT2D eigenvalue weighted by Crippen LogP contribution is 2.13. The fraction of sp³-hybridized carbons (Fsp3) is 0.417. The first-order valence-corrected chi connectivity index (χ1v) is 7.43. The summed E-state index contributed by atoms with van der Waals surface area (Å²) >= 11 is 0. The van der Waals surface area contributed by atoms with Gasteiger partial charge in [0.25, 0.3) is 0 Å². The lowest BCUT2D eigenvalue weighted by Gasteiger charge is -2.23. The molecule has 0 aliphatic heterocycles. The fourth-order valence-corrected chi connectivity index (χ4v) is 3.07.